The maximum Gasteiger partial charge on any atom is 0.0678 e. The molecule has 1 saturated heterocycles. The van der Waals surface area contributed by atoms with Gasteiger partial charge in [-0.15, -0.1) is 0 Å². The molecule has 0 bridgehead atoms. The first kappa shape index (κ1) is 12.2. The molecular weight excluding hydrogens is 224 g/mol. The molecule has 3 heteroatoms. The lowest BCUT2D eigenvalue weighted by Gasteiger charge is -2.39. The van der Waals surface area contributed by atoms with Crippen molar-refractivity contribution in [3.8, 4) is 0 Å². The van der Waals surface area contributed by atoms with Gasteiger partial charge in [-0.1, -0.05) is 24.3 Å². The summed E-state index contributed by atoms with van der Waals surface area (Å²) >= 11 is 0. The van der Waals surface area contributed by atoms with Crippen molar-refractivity contribution in [2.75, 3.05) is 13.1 Å². The highest BCUT2D eigenvalue weighted by Gasteiger charge is 2.35. The van der Waals surface area contributed by atoms with E-state index in [4.69, 9.17) is 10.5 Å². The molecule has 0 aromatic heterocycles. The number of nitrogens with two attached hydrogens (primary N) is 1. The van der Waals surface area contributed by atoms with Gasteiger partial charge < -0.3 is 10.5 Å². The quantitative estimate of drug-likeness (QED) is 0.826. The van der Waals surface area contributed by atoms with Crippen molar-refractivity contribution in [1.29, 1.82) is 0 Å². The number of ether oxygens (including phenoxy) is 1. The van der Waals surface area contributed by atoms with Gasteiger partial charge in [0.15, 0.2) is 0 Å². The molecule has 0 saturated carbocycles. The van der Waals surface area contributed by atoms with Crippen molar-refractivity contribution in [2.24, 2.45) is 5.73 Å². The van der Waals surface area contributed by atoms with Gasteiger partial charge in [0, 0.05) is 25.2 Å². The van der Waals surface area contributed by atoms with E-state index in [2.05, 4.69) is 43.0 Å². The minimum absolute atomic E-state index is 0.194. The van der Waals surface area contributed by atoms with E-state index in [1.807, 2.05) is 0 Å². The van der Waals surface area contributed by atoms with Gasteiger partial charge in [0.05, 0.1) is 12.2 Å². The molecule has 2 N–H and O–H groups in total. The molecule has 1 aromatic rings. The van der Waals surface area contributed by atoms with E-state index in [1.165, 1.54) is 11.1 Å². The van der Waals surface area contributed by atoms with Crippen molar-refractivity contribution in [1.82, 2.24) is 4.90 Å². The molecule has 1 aliphatic carbocycles. The minimum Gasteiger partial charge on any atom is -0.373 e. The van der Waals surface area contributed by atoms with Crippen LogP contribution in [0.15, 0.2) is 24.3 Å². The highest BCUT2D eigenvalue weighted by molar-refractivity contribution is 5.37. The topological polar surface area (TPSA) is 38.5 Å². The van der Waals surface area contributed by atoms with Crippen molar-refractivity contribution >= 4 is 0 Å². The van der Waals surface area contributed by atoms with E-state index in [0.717, 1.165) is 19.5 Å². The zero-order valence-electron chi connectivity index (χ0n) is 11.2. The summed E-state index contributed by atoms with van der Waals surface area (Å²) in [4.78, 5) is 2.55. The largest absolute Gasteiger partial charge is 0.373 e. The van der Waals surface area contributed by atoms with Crippen LogP contribution in [-0.4, -0.2) is 30.2 Å². The van der Waals surface area contributed by atoms with Gasteiger partial charge in [0.1, 0.15) is 0 Å². The fourth-order valence-corrected chi connectivity index (χ4v) is 3.46. The zero-order valence-corrected chi connectivity index (χ0v) is 11.2. The monoisotopic (exact) mass is 246 g/mol. The van der Waals surface area contributed by atoms with Crippen molar-refractivity contribution < 1.29 is 4.74 Å². The van der Waals surface area contributed by atoms with Crippen molar-refractivity contribution in [3.63, 3.8) is 0 Å². The number of fused-ring (bicyclic) bond motifs is 1. The molecule has 1 fully saturated rings. The lowest BCUT2D eigenvalue weighted by Crippen LogP contribution is -2.46. The Balaban J connectivity index is 1.86. The normalized spacial score (nSPS) is 36.6. The molecule has 1 heterocycles. The number of nitrogens with zero attached hydrogens (tertiary/aromatic N) is 1. The number of hydrogen-bond acceptors (Lipinski definition) is 3. The van der Waals surface area contributed by atoms with Crippen molar-refractivity contribution in [2.45, 2.75) is 44.6 Å². The van der Waals surface area contributed by atoms with E-state index in [-0.39, 0.29) is 6.04 Å². The Morgan fingerprint density at radius 3 is 2.39 bits per heavy atom. The van der Waals surface area contributed by atoms with Crippen LogP contribution in [0.4, 0.5) is 0 Å². The maximum absolute atomic E-state index is 6.25. The summed E-state index contributed by atoms with van der Waals surface area (Å²) < 4.78 is 5.82. The molecule has 3 nitrogen and oxygen atoms in total. The minimum atomic E-state index is 0.194. The van der Waals surface area contributed by atoms with E-state index in [9.17, 15) is 0 Å². The molecule has 1 aliphatic heterocycles. The van der Waals surface area contributed by atoms with Crippen LogP contribution < -0.4 is 5.73 Å². The second-order valence-electron chi connectivity index (χ2n) is 5.70. The molecule has 3 rings (SSSR count). The first-order valence-electron chi connectivity index (χ1n) is 6.89. The average Bonchev–Trinajstić information content (AvgIpc) is 2.66. The van der Waals surface area contributed by atoms with E-state index in [1.54, 1.807) is 0 Å². The average molecular weight is 246 g/mol. The molecule has 1 aromatic carbocycles. The first-order chi connectivity index (χ1) is 8.65. The number of benzene rings is 1. The Morgan fingerprint density at radius 2 is 1.72 bits per heavy atom. The highest BCUT2D eigenvalue weighted by atomic mass is 16.5. The summed E-state index contributed by atoms with van der Waals surface area (Å²) in [5, 5.41) is 0. The molecule has 18 heavy (non-hydrogen) atoms. The molecule has 2 unspecified atom stereocenters. The Hall–Kier alpha value is -0.900. The number of morpholine rings is 1. The first-order valence-corrected chi connectivity index (χ1v) is 6.89. The summed E-state index contributed by atoms with van der Waals surface area (Å²) in [6, 6.07) is 9.29. The van der Waals surface area contributed by atoms with Crippen LogP contribution in [0.2, 0.25) is 0 Å². The van der Waals surface area contributed by atoms with Gasteiger partial charge in [-0.3, -0.25) is 4.90 Å². The Bertz CT molecular complexity index is 424. The third-order valence-electron chi connectivity index (χ3n) is 4.12. The summed E-state index contributed by atoms with van der Waals surface area (Å²) in [6.07, 6.45) is 1.68. The van der Waals surface area contributed by atoms with Gasteiger partial charge >= 0.3 is 0 Å². The molecule has 0 amide bonds. The third-order valence-corrected chi connectivity index (χ3v) is 4.12. The standard InChI is InChI=1S/C15H22N2O/c1-10-8-17(9-11(2)18-10)15-7-14(16)12-5-3-4-6-13(12)15/h3-6,10-11,14-15H,7-9,16H2,1-2H3/t10-,11+,14?,15?. The Morgan fingerprint density at radius 1 is 1.11 bits per heavy atom. The predicted octanol–water partition coefficient (Wildman–Crippen LogP) is 2.24. The SMILES string of the molecule is C[C@@H]1CN(C2CC(N)c3ccccc32)C[C@H](C)O1. The van der Waals surface area contributed by atoms with Crippen LogP contribution in [0.1, 0.15) is 43.5 Å². The molecule has 2 aliphatic rings. The van der Waals surface area contributed by atoms with E-state index >= 15 is 0 Å². The summed E-state index contributed by atoms with van der Waals surface area (Å²) in [5.74, 6) is 0. The van der Waals surface area contributed by atoms with Crippen LogP contribution in [0.5, 0.6) is 0 Å². The summed E-state index contributed by atoms with van der Waals surface area (Å²) in [7, 11) is 0. The van der Waals surface area contributed by atoms with Crippen LogP contribution in [0, 0.1) is 0 Å². The smallest absolute Gasteiger partial charge is 0.0678 e. The predicted molar refractivity (Wildman–Crippen MR) is 72.3 cm³/mol. The maximum atomic E-state index is 6.25. The summed E-state index contributed by atoms with van der Waals surface area (Å²) in [5.41, 5.74) is 9.01. The highest BCUT2D eigenvalue weighted by Crippen LogP contribution is 2.41. The number of hydrogen-bond donors (Lipinski definition) is 1. The van der Waals surface area contributed by atoms with Crippen molar-refractivity contribution in [3.05, 3.63) is 35.4 Å². The zero-order chi connectivity index (χ0) is 12.7. The van der Waals surface area contributed by atoms with Crippen LogP contribution in [-0.2, 0) is 4.74 Å². The van der Waals surface area contributed by atoms with Gasteiger partial charge in [0.25, 0.3) is 0 Å². The molecular formula is C15H22N2O. The van der Waals surface area contributed by atoms with Crippen LogP contribution in [0.25, 0.3) is 0 Å². The lowest BCUT2D eigenvalue weighted by atomic mass is 10.1. The van der Waals surface area contributed by atoms with Crippen LogP contribution >= 0.6 is 0 Å². The molecule has 4 atom stereocenters. The van der Waals surface area contributed by atoms with Gasteiger partial charge in [-0.2, -0.15) is 0 Å². The Labute approximate surface area is 109 Å². The van der Waals surface area contributed by atoms with Gasteiger partial charge in [-0.25, -0.2) is 0 Å². The summed E-state index contributed by atoms with van der Waals surface area (Å²) in [6.45, 7) is 6.33. The number of rotatable bonds is 1. The third kappa shape index (κ3) is 2.07. The molecule has 98 valence electrons. The lowest BCUT2D eigenvalue weighted by molar-refractivity contribution is -0.0811. The molecule has 0 spiro atoms. The molecule has 0 radical (unpaired) electrons. The Kier molecular flexibility index (Phi) is 3.14. The second kappa shape index (κ2) is 4.65. The fourth-order valence-electron chi connectivity index (χ4n) is 3.46. The van der Waals surface area contributed by atoms with Crippen LogP contribution in [0.3, 0.4) is 0 Å². The second-order valence-corrected chi connectivity index (χ2v) is 5.70. The fraction of sp³-hybridized carbons (Fsp3) is 0.600. The van der Waals surface area contributed by atoms with E-state index in [0.29, 0.717) is 18.2 Å². The van der Waals surface area contributed by atoms with Gasteiger partial charge in [0.2, 0.25) is 0 Å². The van der Waals surface area contributed by atoms with Gasteiger partial charge in [-0.05, 0) is 31.4 Å². The van der Waals surface area contributed by atoms with E-state index < -0.39 is 0 Å².